The highest BCUT2D eigenvalue weighted by atomic mass is 16.7. The van der Waals surface area contributed by atoms with Gasteiger partial charge >= 0.3 is 0 Å². The van der Waals surface area contributed by atoms with Gasteiger partial charge in [-0.3, -0.25) is 4.79 Å². The van der Waals surface area contributed by atoms with Gasteiger partial charge in [-0.25, -0.2) is 0 Å². The van der Waals surface area contributed by atoms with Crippen molar-refractivity contribution in [1.29, 1.82) is 0 Å². The van der Waals surface area contributed by atoms with E-state index in [1.807, 2.05) is 0 Å². The van der Waals surface area contributed by atoms with Crippen LogP contribution in [0.3, 0.4) is 0 Å². The number of aliphatic hydroxyl groups excluding tert-OH is 4. The maximum Gasteiger partial charge on any atom is 0.229 e. The molecule has 1 saturated heterocycles. The quantitative estimate of drug-likeness (QED) is 0.370. The second-order valence-corrected chi connectivity index (χ2v) is 7.34. The summed E-state index contributed by atoms with van der Waals surface area (Å²) >= 11 is 0. The van der Waals surface area contributed by atoms with Gasteiger partial charge in [0.2, 0.25) is 11.7 Å². The van der Waals surface area contributed by atoms with Gasteiger partial charge in [-0.1, -0.05) is 12.1 Å². The number of aliphatic hydroxyl groups is 4. The Balaban J connectivity index is 1.59. The minimum Gasteiger partial charge on any atom is -0.507 e. The Labute approximate surface area is 181 Å². The third kappa shape index (κ3) is 3.90. The molecule has 5 atom stereocenters. The van der Waals surface area contributed by atoms with E-state index in [2.05, 4.69) is 0 Å². The van der Waals surface area contributed by atoms with Gasteiger partial charge in [0.15, 0.2) is 0 Å². The molecular formula is C22H22O10. The molecule has 10 nitrogen and oxygen atoms in total. The lowest BCUT2D eigenvalue weighted by atomic mass is 9.99. The van der Waals surface area contributed by atoms with Gasteiger partial charge in [0, 0.05) is 12.1 Å². The first-order chi connectivity index (χ1) is 15.3. The number of benzene rings is 2. The normalized spacial score (nSPS) is 25.6. The lowest BCUT2D eigenvalue weighted by Gasteiger charge is -2.39. The fraction of sp³-hybridized carbons (Fsp3) is 0.318. The van der Waals surface area contributed by atoms with Crippen LogP contribution >= 0.6 is 0 Å². The van der Waals surface area contributed by atoms with Crippen molar-refractivity contribution in [3.8, 4) is 28.4 Å². The molecule has 2 heterocycles. The first-order valence-corrected chi connectivity index (χ1v) is 9.74. The number of methoxy groups -OCH3 is 1. The molecule has 5 N–H and O–H groups in total. The number of aromatic hydroxyl groups is 1. The number of hydrogen-bond donors (Lipinski definition) is 5. The largest absolute Gasteiger partial charge is 0.507 e. The SMILES string of the molecule is COc1cc(O)c2c(=O)c(-c3ccc(O[C@H]4O[C@H](CO)[C@@H](O)[C@@H](O)[C@@H]4O)cc3)coc2c1. The predicted octanol–water partition coefficient (Wildman–Crippen LogP) is 0.353. The molecule has 0 unspecified atom stereocenters. The molecule has 1 aromatic heterocycles. The van der Waals surface area contributed by atoms with E-state index < -0.39 is 42.7 Å². The van der Waals surface area contributed by atoms with Crippen LogP contribution in [0.5, 0.6) is 17.2 Å². The van der Waals surface area contributed by atoms with Crippen molar-refractivity contribution in [3.63, 3.8) is 0 Å². The van der Waals surface area contributed by atoms with Gasteiger partial charge in [0.1, 0.15) is 58.9 Å². The fourth-order valence-electron chi connectivity index (χ4n) is 3.54. The minimum absolute atomic E-state index is 0.0185. The zero-order valence-electron chi connectivity index (χ0n) is 16.9. The Hall–Kier alpha value is -3.15. The average Bonchev–Trinajstić information content (AvgIpc) is 2.80. The predicted molar refractivity (Wildman–Crippen MR) is 111 cm³/mol. The first-order valence-electron chi connectivity index (χ1n) is 9.74. The Kier molecular flexibility index (Phi) is 6.04. The molecule has 4 rings (SSSR count). The highest BCUT2D eigenvalue weighted by Crippen LogP contribution is 2.31. The summed E-state index contributed by atoms with van der Waals surface area (Å²) in [7, 11) is 1.43. The molecule has 170 valence electrons. The topological polar surface area (TPSA) is 159 Å². The lowest BCUT2D eigenvalue weighted by Crippen LogP contribution is -2.60. The van der Waals surface area contributed by atoms with Gasteiger partial charge in [-0.15, -0.1) is 0 Å². The van der Waals surface area contributed by atoms with Crippen molar-refractivity contribution >= 4 is 11.0 Å². The number of ether oxygens (including phenoxy) is 3. The summed E-state index contributed by atoms with van der Waals surface area (Å²) in [6.45, 7) is -0.569. The Morgan fingerprint density at radius 1 is 1.00 bits per heavy atom. The van der Waals surface area contributed by atoms with Crippen LogP contribution in [0.2, 0.25) is 0 Å². The van der Waals surface area contributed by atoms with Crippen LogP contribution in [0.25, 0.3) is 22.1 Å². The number of hydrogen-bond acceptors (Lipinski definition) is 10. The molecule has 0 saturated carbocycles. The Morgan fingerprint density at radius 2 is 1.72 bits per heavy atom. The third-order valence-electron chi connectivity index (χ3n) is 5.33. The molecule has 0 aliphatic carbocycles. The minimum atomic E-state index is -1.56. The van der Waals surface area contributed by atoms with E-state index in [-0.39, 0.29) is 28.0 Å². The van der Waals surface area contributed by atoms with E-state index in [4.69, 9.17) is 18.6 Å². The number of phenolic OH excluding ortho intramolecular Hbond substituents is 1. The molecule has 2 aromatic carbocycles. The maximum absolute atomic E-state index is 12.9. The summed E-state index contributed by atoms with van der Waals surface area (Å²) in [5, 5.41) is 49.3. The van der Waals surface area contributed by atoms with Crippen molar-refractivity contribution in [2.75, 3.05) is 13.7 Å². The summed E-state index contributed by atoms with van der Waals surface area (Å²) in [5.41, 5.74) is 0.432. The molecular weight excluding hydrogens is 424 g/mol. The van der Waals surface area contributed by atoms with Crippen LogP contribution in [0.1, 0.15) is 0 Å². The van der Waals surface area contributed by atoms with Gasteiger partial charge in [0.25, 0.3) is 0 Å². The Bertz CT molecular complexity index is 1150. The van der Waals surface area contributed by atoms with E-state index in [0.29, 0.717) is 11.3 Å². The molecule has 0 bridgehead atoms. The van der Waals surface area contributed by atoms with Crippen LogP contribution in [0.15, 0.2) is 51.9 Å². The fourth-order valence-corrected chi connectivity index (χ4v) is 3.54. The van der Waals surface area contributed by atoms with Gasteiger partial charge in [-0.05, 0) is 17.7 Å². The summed E-state index contributed by atoms with van der Waals surface area (Å²) in [5.74, 6) is 0.328. The average molecular weight is 446 g/mol. The molecule has 0 spiro atoms. The monoisotopic (exact) mass is 446 g/mol. The van der Waals surface area contributed by atoms with E-state index in [0.717, 1.165) is 0 Å². The zero-order chi connectivity index (χ0) is 23.0. The van der Waals surface area contributed by atoms with Crippen LogP contribution in [-0.2, 0) is 4.74 Å². The zero-order valence-corrected chi connectivity index (χ0v) is 16.9. The number of phenols is 1. The van der Waals surface area contributed by atoms with Crippen molar-refractivity contribution in [3.05, 3.63) is 52.9 Å². The summed E-state index contributed by atoms with van der Waals surface area (Å²) in [4.78, 5) is 12.9. The van der Waals surface area contributed by atoms with Gasteiger partial charge in [0.05, 0.1) is 19.3 Å². The summed E-state index contributed by atoms with van der Waals surface area (Å²) < 4.78 is 21.4. The Morgan fingerprint density at radius 3 is 2.38 bits per heavy atom. The molecule has 1 aliphatic rings. The van der Waals surface area contributed by atoms with Crippen molar-refractivity contribution in [1.82, 2.24) is 0 Å². The van der Waals surface area contributed by atoms with Crippen LogP contribution in [0.4, 0.5) is 0 Å². The molecule has 0 radical (unpaired) electrons. The highest BCUT2D eigenvalue weighted by Gasteiger charge is 2.44. The van der Waals surface area contributed by atoms with Crippen LogP contribution in [-0.4, -0.2) is 70.0 Å². The van der Waals surface area contributed by atoms with E-state index in [1.54, 1.807) is 12.1 Å². The molecule has 1 aliphatic heterocycles. The lowest BCUT2D eigenvalue weighted by molar-refractivity contribution is -0.277. The standard InChI is InChI=1S/C22H22O10/c1-29-12-6-14(24)17-15(7-12)30-9-13(18(17)25)10-2-4-11(5-3-10)31-22-21(28)20(27)19(26)16(8-23)32-22/h2-7,9,16,19-24,26-28H,8H2,1H3/t16-,19-,20-,21+,22+/m1/s1. The highest BCUT2D eigenvalue weighted by molar-refractivity contribution is 5.88. The molecule has 0 amide bonds. The molecule has 1 fully saturated rings. The third-order valence-corrected chi connectivity index (χ3v) is 5.33. The molecule has 3 aromatic rings. The van der Waals surface area contributed by atoms with Crippen molar-refractivity contribution < 1.29 is 44.2 Å². The summed E-state index contributed by atoms with van der Waals surface area (Å²) in [6, 6.07) is 8.97. The smallest absolute Gasteiger partial charge is 0.229 e. The van der Waals surface area contributed by atoms with Crippen molar-refractivity contribution in [2.45, 2.75) is 30.7 Å². The number of fused-ring (bicyclic) bond motifs is 1. The van der Waals surface area contributed by atoms with E-state index >= 15 is 0 Å². The van der Waals surface area contributed by atoms with Crippen molar-refractivity contribution in [2.24, 2.45) is 0 Å². The second kappa shape index (κ2) is 8.77. The maximum atomic E-state index is 12.9. The second-order valence-electron chi connectivity index (χ2n) is 7.34. The van der Waals surface area contributed by atoms with Gasteiger partial charge < -0.3 is 44.2 Å². The first kappa shape index (κ1) is 22.1. The van der Waals surface area contributed by atoms with E-state index in [9.17, 15) is 30.3 Å². The summed E-state index contributed by atoms with van der Waals surface area (Å²) in [6.07, 6.45) is -5.73. The van der Waals surface area contributed by atoms with E-state index in [1.165, 1.54) is 37.6 Å². The van der Waals surface area contributed by atoms with Crippen LogP contribution in [0, 0.1) is 0 Å². The number of rotatable bonds is 5. The molecule has 32 heavy (non-hydrogen) atoms. The van der Waals surface area contributed by atoms with Crippen LogP contribution < -0.4 is 14.9 Å². The molecule has 10 heteroatoms. The van der Waals surface area contributed by atoms with Gasteiger partial charge in [-0.2, -0.15) is 0 Å².